The van der Waals surface area contributed by atoms with Crippen LogP contribution in [0.15, 0.2) is 24.3 Å². The van der Waals surface area contributed by atoms with Gasteiger partial charge < -0.3 is 5.32 Å². The molecule has 0 aliphatic rings. The maximum absolute atomic E-state index is 10.9. The largest absolute Gasteiger partial charge is 0.351 e. The average Bonchev–Trinajstić information content (AvgIpc) is 2.25. The third-order valence-electron chi connectivity index (χ3n) is 2.00. The van der Waals surface area contributed by atoms with Crippen molar-refractivity contribution in [2.75, 3.05) is 5.88 Å². The molecule has 0 fully saturated rings. The van der Waals surface area contributed by atoms with Crippen molar-refractivity contribution in [1.82, 2.24) is 5.32 Å². The molecule has 0 aromatic heterocycles. The van der Waals surface area contributed by atoms with Crippen molar-refractivity contribution in [1.29, 1.82) is 0 Å². The number of amides is 1. The molecule has 0 saturated carbocycles. The first-order chi connectivity index (χ1) is 7.90. The maximum atomic E-state index is 10.9. The van der Waals surface area contributed by atoms with Crippen molar-refractivity contribution in [2.45, 2.75) is 12.3 Å². The van der Waals surface area contributed by atoms with Gasteiger partial charge in [-0.15, -0.1) is 11.6 Å². The lowest BCUT2D eigenvalue weighted by Gasteiger charge is -2.04. The summed E-state index contributed by atoms with van der Waals surface area (Å²) < 4.78 is 21.7. The molecule has 94 valence electrons. The number of nitrogens with two attached hydrogens (primary N) is 1. The van der Waals surface area contributed by atoms with E-state index < -0.39 is 10.0 Å². The van der Waals surface area contributed by atoms with Crippen LogP contribution in [0, 0.1) is 0 Å². The smallest absolute Gasteiger partial charge is 0.235 e. The Labute approximate surface area is 105 Å². The van der Waals surface area contributed by atoms with Crippen molar-refractivity contribution in [2.24, 2.45) is 5.14 Å². The lowest BCUT2D eigenvalue weighted by atomic mass is 10.1. The Morgan fingerprint density at radius 1 is 1.24 bits per heavy atom. The monoisotopic (exact) mass is 276 g/mol. The van der Waals surface area contributed by atoms with Crippen molar-refractivity contribution in [3.8, 4) is 0 Å². The first kappa shape index (κ1) is 14.0. The van der Waals surface area contributed by atoms with Gasteiger partial charge in [0.15, 0.2) is 0 Å². The van der Waals surface area contributed by atoms with Crippen LogP contribution in [0.1, 0.15) is 11.1 Å². The molecule has 1 aromatic carbocycles. The van der Waals surface area contributed by atoms with Gasteiger partial charge in [0.05, 0.1) is 5.75 Å². The van der Waals surface area contributed by atoms with E-state index in [1.54, 1.807) is 24.3 Å². The lowest BCUT2D eigenvalue weighted by molar-refractivity contribution is -0.118. The van der Waals surface area contributed by atoms with Crippen LogP contribution in [0.5, 0.6) is 0 Å². The van der Waals surface area contributed by atoms with E-state index in [9.17, 15) is 13.2 Å². The fourth-order valence-corrected chi connectivity index (χ4v) is 1.99. The normalized spacial score (nSPS) is 11.2. The summed E-state index contributed by atoms with van der Waals surface area (Å²) in [6.07, 6.45) is 0. The lowest BCUT2D eigenvalue weighted by Crippen LogP contribution is -2.23. The van der Waals surface area contributed by atoms with Gasteiger partial charge in [-0.05, 0) is 11.1 Å². The summed E-state index contributed by atoms with van der Waals surface area (Å²) in [5.41, 5.74) is 1.47. The van der Waals surface area contributed by atoms with Gasteiger partial charge in [-0.25, -0.2) is 13.6 Å². The molecule has 0 radical (unpaired) electrons. The maximum Gasteiger partial charge on any atom is 0.235 e. The van der Waals surface area contributed by atoms with E-state index >= 15 is 0 Å². The van der Waals surface area contributed by atoms with Crippen molar-refractivity contribution in [3.63, 3.8) is 0 Å². The second-order valence-electron chi connectivity index (χ2n) is 3.53. The molecule has 0 saturated heterocycles. The molecular formula is C10H13ClN2O3S. The minimum atomic E-state index is -3.51. The number of halogens is 1. The Hall–Kier alpha value is -1.11. The van der Waals surface area contributed by atoms with Gasteiger partial charge in [-0.1, -0.05) is 24.3 Å². The zero-order valence-electron chi connectivity index (χ0n) is 9.02. The second kappa shape index (κ2) is 6.00. The molecule has 17 heavy (non-hydrogen) atoms. The van der Waals surface area contributed by atoms with E-state index in [0.29, 0.717) is 12.1 Å². The molecule has 5 nitrogen and oxygen atoms in total. The van der Waals surface area contributed by atoms with E-state index in [2.05, 4.69) is 5.32 Å². The van der Waals surface area contributed by atoms with Crippen molar-refractivity contribution < 1.29 is 13.2 Å². The minimum Gasteiger partial charge on any atom is -0.351 e. The van der Waals surface area contributed by atoms with Gasteiger partial charge >= 0.3 is 0 Å². The van der Waals surface area contributed by atoms with E-state index in [-0.39, 0.29) is 17.5 Å². The summed E-state index contributed by atoms with van der Waals surface area (Å²) >= 11 is 5.32. The summed E-state index contributed by atoms with van der Waals surface area (Å²) in [5.74, 6) is -0.523. The zero-order chi connectivity index (χ0) is 12.9. The van der Waals surface area contributed by atoms with E-state index in [1.165, 1.54) is 0 Å². The van der Waals surface area contributed by atoms with Crippen LogP contribution in [0.4, 0.5) is 0 Å². The van der Waals surface area contributed by atoms with Crippen LogP contribution in [-0.2, 0) is 27.1 Å². The molecule has 0 heterocycles. The first-order valence-corrected chi connectivity index (χ1v) is 7.06. The molecule has 1 aromatic rings. The Balaban J connectivity index is 2.59. The highest BCUT2D eigenvalue weighted by atomic mass is 35.5. The molecular weight excluding hydrogens is 264 g/mol. The summed E-state index contributed by atoms with van der Waals surface area (Å²) in [6.45, 7) is 0.362. The first-order valence-electron chi connectivity index (χ1n) is 4.81. The number of carbonyl (C=O) groups is 1. The van der Waals surface area contributed by atoms with Gasteiger partial charge in [0, 0.05) is 6.54 Å². The molecule has 1 amide bonds. The highest BCUT2D eigenvalue weighted by molar-refractivity contribution is 7.88. The summed E-state index contributed by atoms with van der Waals surface area (Å²) in [6, 6.07) is 6.78. The van der Waals surface area contributed by atoms with E-state index in [1.807, 2.05) is 0 Å². The molecule has 0 aliphatic carbocycles. The van der Waals surface area contributed by atoms with Gasteiger partial charge in [0.1, 0.15) is 5.88 Å². The molecule has 3 N–H and O–H groups in total. The van der Waals surface area contributed by atoms with Crippen LogP contribution in [0.3, 0.4) is 0 Å². The van der Waals surface area contributed by atoms with Crippen LogP contribution < -0.4 is 10.5 Å². The number of hydrogen-bond acceptors (Lipinski definition) is 3. The van der Waals surface area contributed by atoms with Gasteiger partial charge in [-0.3, -0.25) is 4.79 Å². The molecule has 0 atom stereocenters. The van der Waals surface area contributed by atoms with E-state index in [4.69, 9.17) is 16.7 Å². The number of primary sulfonamides is 1. The van der Waals surface area contributed by atoms with Crippen molar-refractivity contribution in [3.05, 3.63) is 35.4 Å². The number of sulfonamides is 1. The van der Waals surface area contributed by atoms with Gasteiger partial charge in [0.2, 0.25) is 15.9 Å². The van der Waals surface area contributed by atoms with Gasteiger partial charge in [-0.2, -0.15) is 0 Å². The summed E-state index contributed by atoms with van der Waals surface area (Å²) in [4.78, 5) is 10.9. The fraction of sp³-hybridized carbons (Fsp3) is 0.300. The minimum absolute atomic E-state index is 0.0799. The predicted octanol–water partition coefficient (Wildman–Crippen LogP) is 0.330. The number of rotatable bonds is 5. The number of hydrogen-bond donors (Lipinski definition) is 2. The Kier molecular flexibility index (Phi) is 4.92. The molecule has 1 rings (SSSR count). The van der Waals surface area contributed by atoms with Crippen molar-refractivity contribution >= 4 is 27.5 Å². The second-order valence-corrected chi connectivity index (χ2v) is 5.42. The summed E-state index contributed by atoms with van der Waals surface area (Å²) in [5, 5.41) is 7.53. The number of benzene rings is 1. The Morgan fingerprint density at radius 3 is 2.24 bits per heavy atom. The molecule has 0 spiro atoms. The SMILES string of the molecule is NS(=O)(=O)Cc1ccc(CNC(=O)CCl)cc1. The van der Waals surface area contributed by atoms with Crippen LogP contribution in [0.2, 0.25) is 0 Å². The van der Waals surface area contributed by atoms with Crippen LogP contribution >= 0.6 is 11.6 Å². The molecule has 0 unspecified atom stereocenters. The Bertz CT molecular complexity index is 485. The summed E-state index contributed by atoms with van der Waals surface area (Å²) in [7, 11) is -3.51. The molecule has 7 heteroatoms. The van der Waals surface area contributed by atoms with Gasteiger partial charge in [0.25, 0.3) is 0 Å². The van der Waals surface area contributed by atoms with Crippen LogP contribution in [-0.4, -0.2) is 20.2 Å². The van der Waals surface area contributed by atoms with E-state index in [0.717, 1.165) is 5.56 Å². The van der Waals surface area contributed by atoms with Crippen LogP contribution in [0.25, 0.3) is 0 Å². The molecule has 0 bridgehead atoms. The topological polar surface area (TPSA) is 89.3 Å². The predicted molar refractivity (Wildman–Crippen MR) is 65.8 cm³/mol. The quantitative estimate of drug-likeness (QED) is 0.760. The number of carbonyl (C=O) groups excluding carboxylic acids is 1. The number of nitrogens with one attached hydrogen (secondary N) is 1. The highest BCUT2D eigenvalue weighted by Crippen LogP contribution is 2.06. The third kappa shape index (κ3) is 5.67. The highest BCUT2D eigenvalue weighted by Gasteiger charge is 2.05. The Morgan fingerprint density at radius 2 is 1.76 bits per heavy atom. The standard InChI is InChI=1S/C10H13ClN2O3S/c11-5-10(14)13-6-8-1-3-9(4-2-8)7-17(12,15)16/h1-4H,5-7H2,(H,13,14)(H2,12,15,16). The molecule has 0 aliphatic heterocycles. The fourth-order valence-electron chi connectivity index (χ4n) is 1.23. The third-order valence-corrected chi connectivity index (χ3v) is 2.98. The zero-order valence-corrected chi connectivity index (χ0v) is 10.6. The average molecular weight is 277 g/mol. The number of alkyl halides is 1.